The lowest BCUT2D eigenvalue weighted by molar-refractivity contribution is 0.568. The van der Waals surface area contributed by atoms with Gasteiger partial charge in [-0.1, -0.05) is 0 Å². The van der Waals surface area contributed by atoms with Gasteiger partial charge in [-0.05, 0) is 42.3 Å². The number of nitrogens with two attached hydrogens (primary N) is 1. The third-order valence-electron chi connectivity index (χ3n) is 4.06. The number of hydrogen-bond donors (Lipinski definition) is 3. The molecule has 1 aromatic heterocycles. The van der Waals surface area contributed by atoms with E-state index >= 15 is 0 Å². The lowest BCUT2D eigenvalue weighted by Gasteiger charge is -2.16. The van der Waals surface area contributed by atoms with E-state index in [1.54, 1.807) is 19.1 Å². The summed E-state index contributed by atoms with van der Waals surface area (Å²) in [5.74, 6) is -2.68. The number of aryl methyl sites for hydroxylation is 1. The molecule has 3 aromatic rings. The average molecular weight is 387 g/mol. The summed E-state index contributed by atoms with van der Waals surface area (Å²) in [6.07, 6.45) is 1.98. The number of nitrogen functional groups attached to an aromatic ring is 1. The summed E-state index contributed by atoms with van der Waals surface area (Å²) in [5, 5.41) is 10.3. The van der Waals surface area contributed by atoms with Gasteiger partial charge < -0.3 is 21.0 Å². The second-order valence-electron chi connectivity index (χ2n) is 6.19. The molecular formula is C19H16F3N5O. The van der Waals surface area contributed by atoms with Crippen molar-refractivity contribution in [2.45, 2.75) is 13.5 Å². The Kier molecular flexibility index (Phi) is 5.16. The molecular weight excluding hydrogens is 371 g/mol. The highest BCUT2D eigenvalue weighted by molar-refractivity contribution is 5.87. The molecule has 9 heteroatoms. The first-order chi connectivity index (χ1) is 13.3. The Balaban J connectivity index is 2.05. The molecule has 144 valence electrons. The summed E-state index contributed by atoms with van der Waals surface area (Å²) in [5.41, 5.74) is 7.00. The number of hydrogen-bond acceptors (Lipinski definition) is 5. The van der Waals surface area contributed by atoms with Crippen LogP contribution in [0.4, 0.5) is 30.5 Å². The minimum atomic E-state index is -1.10. The molecule has 0 saturated carbocycles. The summed E-state index contributed by atoms with van der Waals surface area (Å²) in [4.78, 5) is 15.4. The summed E-state index contributed by atoms with van der Waals surface area (Å²) >= 11 is 0. The first-order valence-corrected chi connectivity index (χ1v) is 8.16. The Hall–Kier alpha value is -3.62. The van der Waals surface area contributed by atoms with Crippen molar-refractivity contribution >= 4 is 23.5 Å². The molecule has 0 aliphatic rings. The molecule has 4 N–H and O–H groups in total. The molecule has 6 nitrogen and oxygen atoms in total. The van der Waals surface area contributed by atoms with Gasteiger partial charge >= 0.3 is 5.56 Å². The van der Waals surface area contributed by atoms with Gasteiger partial charge in [0.2, 0.25) is 11.8 Å². The van der Waals surface area contributed by atoms with Crippen LogP contribution in [0.1, 0.15) is 16.7 Å². The van der Waals surface area contributed by atoms with E-state index in [-0.39, 0.29) is 18.1 Å². The Morgan fingerprint density at radius 1 is 1.18 bits per heavy atom. The zero-order valence-electron chi connectivity index (χ0n) is 14.8. The van der Waals surface area contributed by atoms with Gasteiger partial charge in [0, 0.05) is 35.4 Å². The van der Waals surface area contributed by atoms with Crippen LogP contribution < -0.4 is 16.6 Å². The van der Waals surface area contributed by atoms with Crippen LogP contribution in [0.3, 0.4) is 0 Å². The van der Waals surface area contributed by atoms with Crippen molar-refractivity contribution in [2.75, 3.05) is 11.1 Å². The number of benzene rings is 2. The van der Waals surface area contributed by atoms with Crippen LogP contribution in [0, 0.1) is 29.8 Å². The maximum absolute atomic E-state index is 13.8. The predicted octanol–water partition coefficient (Wildman–Crippen LogP) is 3.34. The summed E-state index contributed by atoms with van der Waals surface area (Å²) in [6, 6.07) is 6.15. The second kappa shape index (κ2) is 7.55. The van der Waals surface area contributed by atoms with E-state index in [1.807, 2.05) is 0 Å². The van der Waals surface area contributed by atoms with Crippen LogP contribution in [0.2, 0.25) is 0 Å². The molecule has 0 unspecified atom stereocenters. The van der Waals surface area contributed by atoms with Crippen molar-refractivity contribution in [1.29, 1.82) is 5.41 Å². The highest BCUT2D eigenvalue weighted by atomic mass is 19.1. The van der Waals surface area contributed by atoms with Crippen LogP contribution in [0.25, 0.3) is 0 Å². The monoisotopic (exact) mass is 387 g/mol. The third-order valence-corrected chi connectivity index (χ3v) is 4.06. The third kappa shape index (κ3) is 4.03. The fraction of sp³-hybridized carbons (Fsp3) is 0.105. The Morgan fingerprint density at radius 3 is 2.50 bits per heavy atom. The van der Waals surface area contributed by atoms with E-state index < -0.39 is 23.0 Å². The first-order valence-electron chi connectivity index (χ1n) is 8.16. The smallest absolute Gasteiger partial charge is 0.310 e. The van der Waals surface area contributed by atoms with E-state index in [2.05, 4.69) is 10.3 Å². The lowest BCUT2D eigenvalue weighted by atomic mass is 10.1. The highest BCUT2D eigenvalue weighted by Gasteiger charge is 2.12. The second-order valence-corrected chi connectivity index (χ2v) is 6.19. The normalized spacial score (nSPS) is 10.7. The molecule has 2 aromatic carbocycles. The fourth-order valence-electron chi connectivity index (χ4n) is 2.71. The van der Waals surface area contributed by atoms with Gasteiger partial charge in [0.15, 0.2) is 0 Å². The van der Waals surface area contributed by atoms with Gasteiger partial charge in [-0.15, -0.1) is 0 Å². The van der Waals surface area contributed by atoms with Crippen molar-refractivity contribution < 1.29 is 13.2 Å². The molecule has 1 heterocycles. The van der Waals surface area contributed by atoms with Crippen LogP contribution in [0.15, 0.2) is 41.3 Å². The molecule has 0 saturated heterocycles. The minimum absolute atomic E-state index is 0.0279. The molecule has 0 spiro atoms. The minimum Gasteiger partial charge on any atom is -0.398 e. The Morgan fingerprint density at radius 2 is 1.86 bits per heavy atom. The van der Waals surface area contributed by atoms with Gasteiger partial charge in [-0.2, -0.15) is 9.37 Å². The fourth-order valence-corrected chi connectivity index (χ4v) is 2.71. The quantitative estimate of drug-likeness (QED) is 0.462. The van der Waals surface area contributed by atoms with Gasteiger partial charge in [0.05, 0.1) is 6.54 Å². The molecule has 0 radical (unpaired) electrons. The first kappa shape index (κ1) is 19.2. The van der Waals surface area contributed by atoms with Crippen molar-refractivity contribution in [3.63, 3.8) is 0 Å². The van der Waals surface area contributed by atoms with E-state index in [9.17, 15) is 18.0 Å². The molecule has 0 amide bonds. The average Bonchev–Trinajstić information content (AvgIpc) is 2.60. The number of anilines is 3. The maximum atomic E-state index is 13.8. The van der Waals surface area contributed by atoms with Crippen molar-refractivity contribution in [1.82, 2.24) is 9.55 Å². The summed E-state index contributed by atoms with van der Waals surface area (Å²) in [6.45, 7) is 1.62. The Labute approximate surface area is 158 Å². The number of nitrogens with one attached hydrogen (secondary N) is 2. The zero-order chi connectivity index (χ0) is 20.4. The Bertz CT molecular complexity index is 1110. The van der Waals surface area contributed by atoms with Crippen LogP contribution in [0.5, 0.6) is 0 Å². The summed E-state index contributed by atoms with van der Waals surface area (Å²) in [7, 11) is 0. The van der Waals surface area contributed by atoms with Crippen LogP contribution in [-0.4, -0.2) is 15.8 Å². The molecule has 28 heavy (non-hydrogen) atoms. The van der Waals surface area contributed by atoms with Crippen LogP contribution in [-0.2, 0) is 6.54 Å². The number of halogens is 3. The summed E-state index contributed by atoms with van der Waals surface area (Å²) < 4.78 is 41.9. The zero-order valence-corrected chi connectivity index (χ0v) is 14.8. The number of nitrogens with zero attached hydrogens (tertiary/aromatic N) is 2. The van der Waals surface area contributed by atoms with E-state index in [1.165, 1.54) is 4.57 Å². The van der Waals surface area contributed by atoms with E-state index in [0.717, 1.165) is 30.6 Å². The molecule has 0 atom stereocenters. The largest absolute Gasteiger partial charge is 0.398 e. The predicted molar refractivity (Wildman–Crippen MR) is 101 cm³/mol. The van der Waals surface area contributed by atoms with Crippen molar-refractivity contribution in [3.8, 4) is 0 Å². The van der Waals surface area contributed by atoms with Crippen molar-refractivity contribution in [3.05, 3.63) is 81.0 Å². The molecule has 0 aliphatic carbocycles. The van der Waals surface area contributed by atoms with Gasteiger partial charge in [-0.25, -0.2) is 8.78 Å². The number of aromatic nitrogens is 2. The topological polar surface area (TPSA) is 96.8 Å². The van der Waals surface area contributed by atoms with E-state index in [4.69, 9.17) is 11.1 Å². The van der Waals surface area contributed by atoms with Gasteiger partial charge in [0.1, 0.15) is 11.6 Å². The highest BCUT2D eigenvalue weighted by Crippen LogP contribution is 2.24. The SMILES string of the molecule is Cc1cc(N)c(C=N)cc1Nc1nc(=O)c(F)cn1Cc1cc(F)cc(F)c1. The maximum Gasteiger partial charge on any atom is 0.310 e. The lowest BCUT2D eigenvalue weighted by Crippen LogP contribution is -2.20. The van der Waals surface area contributed by atoms with E-state index in [0.29, 0.717) is 22.5 Å². The molecule has 0 fully saturated rings. The number of rotatable bonds is 5. The van der Waals surface area contributed by atoms with Crippen molar-refractivity contribution in [2.24, 2.45) is 0 Å². The van der Waals surface area contributed by atoms with Gasteiger partial charge in [0.25, 0.3) is 0 Å². The molecule has 0 aliphatic heterocycles. The molecule has 0 bridgehead atoms. The standard InChI is InChI=1S/C19H16F3N5O/c1-10-2-16(24)12(7-23)5-17(10)25-19-26-18(28)15(22)9-27(19)8-11-3-13(20)6-14(21)4-11/h2-7,9,23H,8,24H2,1H3,(H,25,26,28). The van der Waals surface area contributed by atoms with Crippen LogP contribution >= 0.6 is 0 Å². The van der Waals surface area contributed by atoms with Gasteiger partial charge in [-0.3, -0.25) is 4.79 Å². The molecule has 3 rings (SSSR count).